The van der Waals surface area contributed by atoms with E-state index >= 15 is 0 Å². The molecule has 0 unspecified atom stereocenters. The lowest BCUT2D eigenvalue weighted by Crippen LogP contribution is -2.42. The fourth-order valence-corrected chi connectivity index (χ4v) is 5.25. The van der Waals surface area contributed by atoms with Gasteiger partial charge in [0, 0.05) is 18.1 Å². The Balaban J connectivity index is 1.30. The minimum Gasteiger partial charge on any atom is -0.497 e. The molecule has 0 bridgehead atoms. The highest BCUT2D eigenvalue weighted by atomic mass is 19.2. The lowest BCUT2D eigenvalue weighted by atomic mass is 9.75. The van der Waals surface area contributed by atoms with Crippen molar-refractivity contribution in [3.05, 3.63) is 70.9 Å². The van der Waals surface area contributed by atoms with Gasteiger partial charge in [-0.05, 0) is 105 Å². The number of hydrogen-bond acceptors (Lipinski definition) is 4. The summed E-state index contributed by atoms with van der Waals surface area (Å²) in [4.78, 5) is 6.42. The predicted octanol–water partition coefficient (Wildman–Crippen LogP) is 5.83. The Morgan fingerprint density at radius 1 is 1.00 bits per heavy atom. The lowest BCUT2D eigenvalue weighted by Gasteiger charge is -2.41. The van der Waals surface area contributed by atoms with Gasteiger partial charge in [0.2, 0.25) is 0 Å². The molecule has 0 radical (unpaired) electrons. The van der Waals surface area contributed by atoms with Crippen molar-refractivity contribution in [3.8, 4) is 5.75 Å². The molecule has 4 rings (SSSR count). The number of benzene rings is 2. The van der Waals surface area contributed by atoms with Crippen LogP contribution in [0.3, 0.4) is 0 Å². The van der Waals surface area contributed by atoms with E-state index < -0.39 is 17.5 Å². The molecule has 36 heavy (non-hydrogen) atoms. The van der Waals surface area contributed by atoms with E-state index in [0.29, 0.717) is 36.8 Å². The Morgan fingerprint density at radius 2 is 1.78 bits per heavy atom. The smallest absolute Gasteiger partial charge is 0.162 e. The summed E-state index contributed by atoms with van der Waals surface area (Å²) in [5, 5.41) is 10.9. The van der Waals surface area contributed by atoms with Crippen molar-refractivity contribution in [3.63, 3.8) is 0 Å². The lowest BCUT2D eigenvalue weighted by molar-refractivity contribution is 0.0353. The zero-order chi connectivity index (χ0) is 25.7. The largest absolute Gasteiger partial charge is 0.497 e. The predicted molar refractivity (Wildman–Crippen MR) is 131 cm³/mol. The number of aliphatic hydroxyl groups is 1. The molecule has 1 aromatic heterocycles. The Labute approximate surface area is 208 Å². The van der Waals surface area contributed by atoms with Crippen LogP contribution in [0.4, 0.5) is 17.6 Å². The molecule has 2 aromatic carbocycles. The van der Waals surface area contributed by atoms with Crippen LogP contribution in [0, 0.1) is 28.7 Å². The zero-order valence-electron chi connectivity index (χ0n) is 20.5. The molecule has 1 fully saturated rings. The van der Waals surface area contributed by atoms with E-state index in [0.717, 1.165) is 55.7 Å². The van der Waals surface area contributed by atoms with E-state index in [1.165, 1.54) is 6.20 Å². The number of halogens is 4. The number of piperidine rings is 1. The number of likely N-dealkylation sites (tertiary alicyclic amines) is 1. The van der Waals surface area contributed by atoms with Crippen LogP contribution in [-0.2, 0) is 12.8 Å². The standard InChI is InChI=1S/C28H32F4N2O2/c1-36-21-6-7-26-23(16-21)22(25(31)17-33-26)5-2-8-28(18-35)9-12-34(13-10-28)11-3-4-19-14-20(29)15-24(30)27(19)32/h6-7,14-17,35H,2-5,8-13,18H2,1H3. The first-order chi connectivity index (χ1) is 17.3. The number of ether oxygens (including phenoxy) is 1. The van der Waals surface area contributed by atoms with Gasteiger partial charge in [-0.2, -0.15) is 0 Å². The second kappa shape index (κ2) is 11.6. The van der Waals surface area contributed by atoms with Gasteiger partial charge in [0.05, 0.1) is 18.8 Å². The highest BCUT2D eigenvalue weighted by molar-refractivity contribution is 5.83. The first kappa shape index (κ1) is 26.4. The molecule has 0 aliphatic carbocycles. The van der Waals surface area contributed by atoms with Crippen molar-refractivity contribution >= 4 is 10.9 Å². The number of fused-ring (bicyclic) bond motifs is 1. The van der Waals surface area contributed by atoms with Crippen LogP contribution in [0.2, 0.25) is 0 Å². The Bertz CT molecular complexity index is 1200. The van der Waals surface area contributed by atoms with E-state index in [9.17, 15) is 22.7 Å². The first-order valence-corrected chi connectivity index (χ1v) is 12.4. The third-order valence-corrected chi connectivity index (χ3v) is 7.51. The van der Waals surface area contributed by atoms with Crippen molar-refractivity contribution < 1.29 is 27.4 Å². The number of rotatable bonds is 10. The normalized spacial score (nSPS) is 15.9. The molecule has 1 N–H and O–H groups in total. The number of hydrogen-bond donors (Lipinski definition) is 1. The Kier molecular flexibility index (Phi) is 8.46. The maximum absolute atomic E-state index is 14.6. The van der Waals surface area contributed by atoms with Gasteiger partial charge >= 0.3 is 0 Å². The average Bonchev–Trinajstić information content (AvgIpc) is 2.88. The summed E-state index contributed by atoms with van der Waals surface area (Å²) >= 11 is 0. The third-order valence-electron chi connectivity index (χ3n) is 7.51. The van der Waals surface area contributed by atoms with Gasteiger partial charge in [-0.15, -0.1) is 0 Å². The highest BCUT2D eigenvalue weighted by Crippen LogP contribution is 2.37. The van der Waals surface area contributed by atoms with Crippen molar-refractivity contribution in [1.82, 2.24) is 9.88 Å². The maximum Gasteiger partial charge on any atom is 0.162 e. The zero-order valence-corrected chi connectivity index (χ0v) is 20.5. The summed E-state index contributed by atoms with van der Waals surface area (Å²) < 4.78 is 60.6. The van der Waals surface area contributed by atoms with Crippen molar-refractivity contribution in [2.45, 2.75) is 44.9 Å². The monoisotopic (exact) mass is 504 g/mol. The number of aliphatic hydroxyl groups excluding tert-OH is 1. The summed E-state index contributed by atoms with van der Waals surface area (Å²) in [6, 6.07) is 7.04. The van der Waals surface area contributed by atoms with Gasteiger partial charge in [-0.1, -0.05) is 0 Å². The van der Waals surface area contributed by atoms with E-state index in [1.54, 1.807) is 13.2 Å². The molecule has 0 saturated carbocycles. The van der Waals surface area contributed by atoms with Gasteiger partial charge in [-0.25, -0.2) is 17.6 Å². The van der Waals surface area contributed by atoms with Crippen molar-refractivity contribution in [2.24, 2.45) is 5.41 Å². The van der Waals surface area contributed by atoms with Gasteiger partial charge in [0.1, 0.15) is 17.4 Å². The van der Waals surface area contributed by atoms with Crippen molar-refractivity contribution in [2.75, 3.05) is 33.4 Å². The van der Waals surface area contributed by atoms with Crippen LogP contribution in [-0.4, -0.2) is 48.3 Å². The fraction of sp³-hybridized carbons (Fsp3) is 0.464. The van der Waals surface area contributed by atoms with Crippen LogP contribution < -0.4 is 4.74 Å². The average molecular weight is 505 g/mol. The third kappa shape index (κ3) is 5.98. The van der Waals surface area contributed by atoms with Crippen LogP contribution in [0.15, 0.2) is 36.5 Å². The minimum absolute atomic E-state index is 0.0581. The van der Waals surface area contributed by atoms with E-state index in [2.05, 4.69) is 9.88 Å². The van der Waals surface area contributed by atoms with E-state index in [-0.39, 0.29) is 29.8 Å². The molecule has 0 amide bonds. The molecule has 0 spiro atoms. The first-order valence-electron chi connectivity index (χ1n) is 12.4. The maximum atomic E-state index is 14.6. The van der Waals surface area contributed by atoms with Crippen LogP contribution >= 0.6 is 0 Å². The number of aromatic nitrogens is 1. The van der Waals surface area contributed by atoms with Crippen LogP contribution in [0.25, 0.3) is 10.9 Å². The Hall–Kier alpha value is -2.71. The summed E-state index contributed by atoms with van der Waals surface area (Å²) in [7, 11) is 1.57. The molecular weight excluding hydrogens is 472 g/mol. The molecular formula is C28H32F4N2O2. The highest BCUT2D eigenvalue weighted by Gasteiger charge is 2.33. The molecule has 3 aromatic rings. The van der Waals surface area contributed by atoms with Gasteiger partial charge in [0.25, 0.3) is 0 Å². The SMILES string of the molecule is COc1ccc2ncc(F)c(CCCC3(CO)CCN(CCCc4cc(F)cc(F)c4F)CC3)c2c1. The molecule has 2 heterocycles. The van der Waals surface area contributed by atoms with Crippen LogP contribution in [0.5, 0.6) is 5.75 Å². The number of aryl methyl sites for hydroxylation is 2. The molecule has 1 saturated heterocycles. The molecule has 1 aliphatic rings. The quantitative estimate of drug-likeness (QED) is 0.279. The summed E-state index contributed by atoms with van der Waals surface area (Å²) in [6.45, 7) is 2.33. The fourth-order valence-electron chi connectivity index (χ4n) is 5.25. The second-order valence-corrected chi connectivity index (χ2v) is 9.79. The number of pyridine rings is 1. The molecule has 8 heteroatoms. The second-order valence-electron chi connectivity index (χ2n) is 9.79. The number of methoxy groups -OCH3 is 1. The minimum atomic E-state index is -1.16. The van der Waals surface area contributed by atoms with Gasteiger partial charge in [-0.3, -0.25) is 4.98 Å². The summed E-state index contributed by atoms with van der Waals surface area (Å²) in [5.74, 6) is -2.59. The Morgan fingerprint density at radius 3 is 2.50 bits per heavy atom. The topological polar surface area (TPSA) is 45.6 Å². The van der Waals surface area contributed by atoms with Gasteiger partial charge < -0.3 is 14.7 Å². The molecule has 4 nitrogen and oxygen atoms in total. The van der Waals surface area contributed by atoms with E-state index in [1.807, 2.05) is 12.1 Å². The molecule has 0 atom stereocenters. The number of nitrogens with zero attached hydrogens (tertiary/aromatic N) is 2. The van der Waals surface area contributed by atoms with Gasteiger partial charge in [0.15, 0.2) is 11.6 Å². The summed E-state index contributed by atoms with van der Waals surface area (Å²) in [5.41, 5.74) is 1.18. The van der Waals surface area contributed by atoms with E-state index in [4.69, 9.17) is 4.74 Å². The van der Waals surface area contributed by atoms with Crippen molar-refractivity contribution in [1.29, 1.82) is 0 Å². The molecule has 1 aliphatic heterocycles. The summed E-state index contributed by atoms with van der Waals surface area (Å²) in [6.07, 6.45) is 5.77. The molecule has 194 valence electrons. The van der Waals surface area contributed by atoms with Crippen LogP contribution in [0.1, 0.15) is 43.2 Å².